The van der Waals surface area contributed by atoms with Crippen molar-refractivity contribution in [1.82, 2.24) is 15.0 Å². The van der Waals surface area contributed by atoms with E-state index in [9.17, 15) is 4.39 Å². The van der Waals surface area contributed by atoms with Crippen LogP contribution in [0.15, 0.2) is 55.1 Å². The van der Waals surface area contributed by atoms with Crippen molar-refractivity contribution in [2.24, 2.45) is 0 Å². The third-order valence-electron chi connectivity index (χ3n) is 3.15. The molecule has 0 amide bonds. The minimum Gasteiger partial charge on any atom is -0.265 e. The van der Waals surface area contributed by atoms with Gasteiger partial charge in [-0.2, -0.15) is 4.39 Å². The smallest absolute Gasteiger partial charge is 0.221 e. The molecular formula is C16H12FN3. The van der Waals surface area contributed by atoms with E-state index < -0.39 is 5.95 Å². The standard InChI is InChI=1S/C16H12FN3/c1-11-14(12-2-6-18-7-3-12)10-15(16(17)20-11)13-4-8-19-9-5-13/h2-10H,1H3. The van der Waals surface area contributed by atoms with Crippen LogP contribution in [0.25, 0.3) is 22.3 Å². The van der Waals surface area contributed by atoms with E-state index in [0.29, 0.717) is 11.3 Å². The summed E-state index contributed by atoms with van der Waals surface area (Å²) in [6.07, 6.45) is 6.70. The SMILES string of the molecule is Cc1nc(F)c(-c2ccncc2)cc1-c1ccncc1. The molecule has 0 radical (unpaired) electrons. The van der Waals surface area contributed by atoms with E-state index in [1.807, 2.05) is 18.2 Å². The number of aromatic nitrogens is 3. The van der Waals surface area contributed by atoms with Crippen LogP contribution in [0, 0.1) is 12.9 Å². The van der Waals surface area contributed by atoms with Gasteiger partial charge in [-0.25, -0.2) is 4.98 Å². The largest absolute Gasteiger partial charge is 0.265 e. The van der Waals surface area contributed by atoms with Crippen molar-refractivity contribution >= 4 is 0 Å². The molecule has 3 rings (SSSR count). The molecular weight excluding hydrogens is 253 g/mol. The number of rotatable bonds is 2. The van der Waals surface area contributed by atoms with Crippen LogP contribution < -0.4 is 0 Å². The number of aryl methyl sites for hydroxylation is 1. The quantitative estimate of drug-likeness (QED) is 0.664. The van der Waals surface area contributed by atoms with Gasteiger partial charge in [-0.05, 0) is 48.4 Å². The lowest BCUT2D eigenvalue weighted by atomic mass is 10.0. The Kier molecular flexibility index (Phi) is 3.21. The first kappa shape index (κ1) is 12.4. The highest BCUT2D eigenvalue weighted by Crippen LogP contribution is 2.29. The average Bonchev–Trinajstić information content (AvgIpc) is 2.49. The zero-order valence-corrected chi connectivity index (χ0v) is 10.9. The van der Waals surface area contributed by atoms with Gasteiger partial charge in [0.2, 0.25) is 5.95 Å². The minimum atomic E-state index is -0.466. The summed E-state index contributed by atoms with van der Waals surface area (Å²) in [6.45, 7) is 1.80. The number of hydrogen-bond acceptors (Lipinski definition) is 3. The summed E-state index contributed by atoms with van der Waals surface area (Å²) in [6, 6.07) is 9.14. The van der Waals surface area contributed by atoms with Gasteiger partial charge in [-0.1, -0.05) is 0 Å². The van der Waals surface area contributed by atoms with Crippen molar-refractivity contribution in [2.75, 3.05) is 0 Å². The van der Waals surface area contributed by atoms with Gasteiger partial charge in [0.05, 0.1) is 0 Å². The Morgan fingerprint density at radius 1 is 0.800 bits per heavy atom. The van der Waals surface area contributed by atoms with Crippen LogP contribution in [-0.4, -0.2) is 15.0 Å². The van der Waals surface area contributed by atoms with Crippen molar-refractivity contribution in [3.8, 4) is 22.3 Å². The van der Waals surface area contributed by atoms with E-state index in [-0.39, 0.29) is 0 Å². The monoisotopic (exact) mass is 265 g/mol. The molecule has 0 N–H and O–H groups in total. The Morgan fingerprint density at radius 3 is 1.85 bits per heavy atom. The Bertz CT molecular complexity index is 667. The lowest BCUT2D eigenvalue weighted by Gasteiger charge is -2.09. The third kappa shape index (κ3) is 2.28. The van der Waals surface area contributed by atoms with Gasteiger partial charge in [0.15, 0.2) is 0 Å². The Balaban J connectivity index is 2.19. The number of halogens is 1. The van der Waals surface area contributed by atoms with Gasteiger partial charge < -0.3 is 0 Å². The molecule has 3 aromatic heterocycles. The van der Waals surface area contributed by atoms with E-state index in [1.54, 1.807) is 43.8 Å². The lowest BCUT2D eigenvalue weighted by Crippen LogP contribution is -1.96. The normalized spacial score (nSPS) is 10.5. The van der Waals surface area contributed by atoms with Crippen LogP contribution in [0.1, 0.15) is 5.69 Å². The van der Waals surface area contributed by atoms with E-state index in [2.05, 4.69) is 15.0 Å². The topological polar surface area (TPSA) is 38.7 Å². The molecule has 0 unspecified atom stereocenters. The molecule has 0 atom stereocenters. The van der Waals surface area contributed by atoms with Gasteiger partial charge in [0.25, 0.3) is 0 Å². The number of hydrogen-bond donors (Lipinski definition) is 0. The fraction of sp³-hybridized carbons (Fsp3) is 0.0625. The fourth-order valence-electron chi connectivity index (χ4n) is 2.13. The van der Waals surface area contributed by atoms with Crippen molar-refractivity contribution < 1.29 is 4.39 Å². The molecule has 0 saturated heterocycles. The first-order valence-corrected chi connectivity index (χ1v) is 6.23. The summed E-state index contributed by atoms with van der Waals surface area (Å²) in [7, 11) is 0. The van der Waals surface area contributed by atoms with Crippen LogP contribution >= 0.6 is 0 Å². The van der Waals surface area contributed by atoms with Crippen LogP contribution in [0.3, 0.4) is 0 Å². The fourth-order valence-corrected chi connectivity index (χ4v) is 2.13. The molecule has 0 aliphatic heterocycles. The summed E-state index contributed by atoms with van der Waals surface area (Å²) >= 11 is 0. The number of nitrogens with zero attached hydrogens (tertiary/aromatic N) is 3. The third-order valence-corrected chi connectivity index (χ3v) is 3.15. The maximum atomic E-state index is 14.1. The molecule has 0 fully saturated rings. The van der Waals surface area contributed by atoms with Gasteiger partial charge >= 0.3 is 0 Å². The molecule has 0 aliphatic carbocycles. The zero-order valence-electron chi connectivity index (χ0n) is 10.9. The second-order valence-corrected chi connectivity index (χ2v) is 4.43. The van der Waals surface area contributed by atoms with Crippen LogP contribution in [-0.2, 0) is 0 Å². The number of pyridine rings is 3. The molecule has 0 aromatic carbocycles. The van der Waals surface area contributed by atoms with Gasteiger partial charge in [-0.3, -0.25) is 9.97 Å². The van der Waals surface area contributed by atoms with Crippen LogP contribution in [0.2, 0.25) is 0 Å². The first-order valence-electron chi connectivity index (χ1n) is 6.23. The molecule has 0 aliphatic rings. The zero-order chi connectivity index (χ0) is 13.9. The summed E-state index contributed by atoms with van der Waals surface area (Å²) in [4.78, 5) is 12.0. The molecule has 0 saturated carbocycles. The van der Waals surface area contributed by atoms with Gasteiger partial charge in [0.1, 0.15) is 0 Å². The molecule has 20 heavy (non-hydrogen) atoms. The minimum absolute atomic E-state index is 0.466. The predicted molar refractivity (Wildman–Crippen MR) is 75.4 cm³/mol. The first-order chi connectivity index (χ1) is 9.75. The summed E-state index contributed by atoms with van der Waals surface area (Å²) < 4.78 is 14.1. The highest BCUT2D eigenvalue weighted by Gasteiger charge is 2.12. The molecule has 0 bridgehead atoms. The molecule has 3 heterocycles. The molecule has 98 valence electrons. The lowest BCUT2D eigenvalue weighted by molar-refractivity contribution is 0.584. The highest BCUT2D eigenvalue weighted by molar-refractivity contribution is 5.73. The molecule has 0 spiro atoms. The van der Waals surface area contributed by atoms with Crippen LogP contribution in [0.4, 0.5) is 4.39 Å². The average molecular weight is 265 g/mol. The summed E-state index contributed by atoms with van der Waals surface area (Å²) in [5, 5.41) is 0. The molecule has 3 nitrogen and oxygen atoms in total. The molecule has 4 heteroatoms. The Labute approximate surface area is 116 Å². The van der Waals surface area contributed by atoms with Crippen molar-refractivity contribution in [2.45, 2.75) is 6.92 Å². The predicted octanol–water partition coefficient (Wildman–Crippen LogP) is 3.65. The summed E-state index contributed by atoms with van der Waals surface area (Å²) in [5.74, 6) is -0.466. The van der Waals surface area contributed by atoms with E-state index in [1.165, 1.54) is 0 Å². The van der Waals surface area contributed by atoms with E-state index in [0.717, 1.165) is 16.7 Å². The van der Waals surface area contributed by atoms with Crippen LogP contribution in [0.5, 0.6) is 0 Å². The van der Waals surface area contributed by atoms with Gasteiger partial charge in [-0.15, -0.1) is 0 Å². The second kappa shape index (κ2) is 5.17. The Morgan fingerprint density at radius 2 is 1.30 bits per heavy atom. The maximum Gasteiger partial charge on any atom is 0.221 e. The maximum absolute atomic E-state index is 14.1. The van der Waals surface area contributed by atoms with E-state index in [4.69, 9.17) is 0 Å². The highest BCUT2D eigenvalue weighted by atomic mass is 19.1. The van der Waals surface area contributed by atoms with Gasteiger partial charge in [0, 0.05) is 41.6 Å². The Hall–Kier alpha value is -2.62. The van der Waals surface area contributed by atoms with Crippen molar-refractivity contribution in [3.63, 3.8) is 0 Å². The van der Waals surface area contributed by atoms with Crippen molar-refractivity contribution in [3.05, 3.63) is 66.8 Å². The van der Waals surface area contributed by atoms with Crippen molar-refractivity contribution in [1.29, 1.82) is 0 Å². The molecule has 3 aromatic rings. The summed E-state index contributed by atoms with van der Waals surface area (Å²) in [5.41, 5.74) is 3.78. The van der Waals surface area contributed by atoms with E-state index >= 15 is 0 Å². The second-order valence-electron chi connectivity index (χ2n) is 4.43.